The lowest BCUT2D eigenvalue weighted by Gasteiger charge is -2.03. The van der Waals surface area contributed by atoms with E-state index in [4.69, 9.17) is 0 Å². The highest BCUT2D eigenvalue weighted by Gasteiger charge is 2.15. The molecule has 0 aliphatic rings. The second-order valence-electron chi connectivity index (χ2n) is 3.42. The fourth-order valence-corrected chi connectivity index (χ4v) is 1.37. The largest absolute Gasteiger partial charge is 0.507 e. The smallest absolute Gasteiger partial charge is 0.233 e. The highest BCUT2D eigenvalue weighted by atomic mass is 16.3. The zero-order valence-electron chi connectivity index (χ0n) is 8.71. The van der Waals surface area contributed by atoms with Crippen LogP contribution in [0.15, 0.2) is 36.7 Å². The number of aromatic nitrogens is 2. The monoisotopic (exact) mass is 214 g/mol. The molecule has 0 unspecified atom stereocenters. The average molecular weight is 214 g/mol. The molecule has 0 bridgehead atoms. The number of aryl methyl sites for hydroxylation is 1. The van der Waals surface area contributed by atoms with E-state index in [1.807, 2.05) is 6.92 Å². The number of ketones is 1. The minimum Gasteiger partial charge on any atom is -0.507 e. The van der Waals surface area contributed by atoms with E-state index in [-0.39, 0.29) is 22.9 Å². The Kier molecular flexibility index (Phi) is 2.64. The molecule has 0 aliphatic heterocycles. The fraction of sp³-hybridized carbons (Fsp3) is 0.0833. The van der Waals surface area contributed by atoms with E-state index in [2.05, 4.69) is 9.97 Å². The van der Waals surface area contributed by atoms with Crippen LogP contribution in [-0.2, 0) is 0 Å². The first kappa shape index (κ1) is 10.3. The van der Waals surface area contributed by atoms with Gasteiger partial charge in [-0.2, -0.15) is 0 Å². The zero-order chi connectivity index (χ0) is 11.5. The maximum atomic E-state index is 11.9. The number of nitrogens with zero attached hydrogens (tertiary/aromatic N) is 2. The molecule has 0 saturated heterocycles. The van der Waals surface area contributed by atoms with Crippen LogP contribution in [0.5, 0.6) is 5.75 Å². The number of phenols is 1. The van der Waals surface area contributed by atoms with Gasteiger partial charge in [0.2, 0.25) is 11.6 Å². The molecule has 1 heterocycles. The van der Waals surface area contributed by atoms with Crippen molar-refractivity contribution in [3.63, 3.8) is 0 Å². The molecular weight excluding hydrogens is 204 g/mol. The fourth-order valence-electron chi connectivity index (χ4n) is 1.37. The van der Waals surface area contributed by atoms with Crippen molar-refractivity contribution in [3.8, 4) is 5.75 Å². The summed E-state index contributed by atoms with van der Waals surface area (Å²) >= 11 is 0. The molecule has 0 fully saturated rings. The number of phenolic OH excluding ortho intramolecular Hbond substituents is 1. The number of benzene rings is 1. The highest BCUT2D eigenvalue weighted by molar-refractivity contribution is 6.08. The summed E-state index contributed by atoms with van der Waals surface area (Å²) in [6, 6.07) is 6.48. The van der Waals surface area contributed by atoms with Crippen LogP contribution in [0.4, 0.5) is 0 Å². The van der Waals surface area contributed by atoms with E-state index in [1.165, 1.54) is 18.5 Å². The summed E-state index contributed by atoms with van der Waals surface area (Å²) in [5.74, 6) is -0.340. The van der Waals surface area contributed by atoms with Crippen molar-refractivity contribution in [3.05, 3.63) is 53.6 Å². The minimum atomic E-state index is -0.373. The molecule has 4 nitrogen and oxygen atoms in total. The second kappa shape index (κ2) is 4.10. The molecule has 80 valence electrons. The van der Waals surface area contributed by atoms with Crippen LogP contribution in [0, 0.1) is 6.92 Å². The Balaban J connectivity index is 2.46. The predicted octanol–water partition coefficient (Wildman–Crippen LogP) is 1.72. The van der Waals surface area contributed by atoms with Gasteiger partial charge in [0.15, 0.2) is 0 Å². The topological polar surface area (TPSA) is 63.1 Å². The molecule has 0 radical (unpaired) electrons. The Morgan fingerprint density at radius 2 is 1.94 bits per heavy atom. The zero-order valence-corrected chi connectivity index (χ0v) is 8.71. The Hall–Kier alpha value is -2.23. The van der Waals surface area contributed by atoms with Crippen LogP contribution >= 0.6 is 0 Å². The molecule has 16 heavy (non-hydrogen) atoms. The van der Waals surface area contributed by atoms with Gasteiger partial charge in [0, 0.05) is 12.4 Å². The first-order valence-corrected chi connectivity index (χ1v) is 4.80. The van der Waals surface area contributed by atoms with Gasteiger partial charge in [-0.1, -0.05) is 11.6 Å². The molecule has 0 amide bonds. The van der Waals surface area contributed by atoms with Gasteiger partial charge in [0.25, 0.3) is 0 Å². The van der Waals surface area contributed by atoms with Crippen LogP contribution < -0.4 is 0 Å². The van der Waals surface area contributed by atoms with Gasteiger partial charge in [-0.3, -0.25) is 4.79 Å². The summed E-state index contributed by atoms with van der Waals surface area (Å²) in [5.41, 5.74) is 1.13. The standard InChI is InChI=1S/C12H10N2O2/c1-8-3-4-10(15)9(7-8)11(16)12-13-5-2-6-14-12/h2-7,15H,1H3. The van der Waals surface area contributed by atoms with Crippen molar-refractivity contribution >= 4 is 5.78 Å². The summed E-state index contributed by atoms with van der Waals surface area (Å²) in [4.78, 5) is 19.6. The van der Waals surface area contributed by atoms with Crippen molar-refractivity contribution < 1.29 is 9.90 Å². The average Bonchev–Trinajstić information content (AvgIpc) is 2.32. The lowest BCUT2D eigenvalue weighted by atomic mass is 10.1. The van der Waals surface area contributed by atoms with Gasteiger partial charge in [0.05, 0.1) is 5.56 Å². The van der Waals surface area contributed by atoms with Crippen molar-refractivity contribution in [2.75, 3.05) is 0 Å². The molecule has 1 N–H and O–H groups in total. The quantitative estimate of drug-likeness (QED) is 0.773. The van der Waals surface area contributed by atoms with Gasteiger partial charge < -0.3 is 5.11 Å². The summed E-state index contributed by atoms with van der Waals surface area (Å²) in [7, 11) is 0. The van der Waals surface area contributed by atoms with E-state index in [0.29, 0.717) is 0 Å². The van der Waals surface area contributed by atoms with Crippen molar-refractivity contribution in [1.29, 1.82) is 0 Å². The predicted molar refractivity (Wildman–Crippen MR) is 58.3 cm³/mol. The van der Waals surface area contributed by atoms with E-state index < -0.39 is 0 Å². The number of carbonyl (C=O) groups is 1. The number of hydrogen-bond acceptors (Lipinski definition) is 4. The Morgan fingerprint density at radius 1 is 1.25 bits per heavy atom. The minimum absolute atomic E-state index is 0.0527. The van der Waals surface area contributed by atoms with Crippen molar-refractivity contribution in [1.82, 2.24) is 9.97 Å². The van der Waals surface area contributed by atoms with Crippen LogP contribution in [0.3, 0.4) is 0 Å². The SMILES string of the molecule is Cc1ccc(O)c(C(=O)c2ncccn2)c1. The number of hydrogen-bond donors (Lipinski definition) is 1. The molecule has 2 rings (SSSR count). The molecule has 0 spiro atoms. The maximum absolute atomic E-state index is 11.9. The van der Waals surface area contributed by atoms with Gasteiger partial charge in [-0.15, -0.1) is 0 Å². The third kappa shape index (κ3) is 1.91. The molecule has 1 aromatic heterocycles. The van der Waals surface area contributed by atoms with E-state index >= 15 is 0 Å². The molecular formula is C12H10N2O2. The van der Waals surface area contributed by atoms with E-state index in [1.54, 1.807) is 18.2 Å². The van der Waals surface area contributed by atoms with Crippen LogP contribution in [-0.4, -0.2) is 20.9 Å². The van der Waals surface area contributed by atoms with E-state index in [0.717, 1.165) is 5.56 Å². The van der Waals surface area contributed by atoms with Gasteiger partial charge >= 0.3 is 0 Å². The van der Waals surface area contributed by atoms with Gasteiger partial charge in [-0.05, 0) is 25.1 Å². The normalized spacial score (nSPS) is 10.1. The highest BCUT2D eigenvalue weighted by Crippen LogP contribution is 2.20. The molecule has 0 atom stereocenters. The van der Waals surface area contributed by atoms with Crippen molar-refractivity contribution in [2.45, 2.75) is 6.92 Å². The first-order chi connectivity index (χ1) is 7.68. The maximum Gasteiger partial charge on any atom is 0.233 e. The molecule has 0 aliphatic carbocycles. The van der Waals surface area contributed by atoms with Crippen LogP contribution in [0.25, 0.3) is 0 Å². The Labute approximate surface area is 92.6 Å². The first-order valence-electron chi connectivity index (χ1n) is 4.80. The molecule has 1 aromatic carbocycles. The summed E-state index contributed by atoms with van der Waals surface area (Å²) in [6.45, 7) is 1.85. The summed E-state index contributed by atoms with van der Waals surface area (Å²) < 4.78 is 0. The van der Waals surface area contributed by atoms with Gasteiger partial charge in [-0.25, -0.2) is 9.97 Å². The molecule has 4 heteroatoms. The van der Waals surface area contributed by atoms with E-state index in [9.17, 15) is 9.90 Å². The number of aromatic hydroxyl groups is 1. The van der Waals surface area contributed by atoms with Gasteiger partial charge in [0.1, 0.15) is 5.75 Å². The number of carbonyl (C=O) groups excluding carboxylic acids is 1. The Morgan fingerprint density at radius 3 is 2.62 bits per heavy atom. The lowest BCUT2D eigenvalue weighted by Crippen LogP contribution is -2.06. The molecule has 2 aromatic rings. The third-order valence-corrected chi connectivity index (χ3v) is 2.17. The summed E-state index contributed by atoms with van der Waals surface area (Å²) in [6.07, 6.45) is 2.99. The third-order valence-electron chi connectivity index (χ3n) is 2.17. The van der Waals surface area contributed by atoms with Crippen LogP contribution in [0.2, 0.25) is 0 Å². The Bertz CT molecular complexity index is 524. The number of rotatable bonds is 2. The summed E-state index contributed by atoms with van der Waals surface area (Å²) in [5, 5.41) is 9.59. The lowest BCUT2D eigenvalue weighted by molar-refractivity contribution is 0.102. The molecule has 0 saturated carbocycles. The van der Waals surface area contributed by atoms with Crippen LogP contribution in [0.1, 0.15) is 21.7 Å². The van der Waals surface area contributed by atoms with Crippen molar-refractivity contribution in [2.24, 2.45) is 0 Å². The second-order valence-corrected chi connectivity index (χ2v) is 3.42.